The molecule has 4 heteroatoms. The number of hydrogen-bond acceptors (Lipinski definition) is 4. The zero-order valence-corrected chi connectivity index (χ0v) is 5.92. The highest BCUT2D eigenvalue weighted by Crippen LogP contribution is 1.97. The molecule has 0 aromatic carbocycles. The molecule has 0 saturated carbocycles. The summed E-state index contributed by atoms with van der Waals surface area (Å²) in [6, 6.07) is 0. The van der Waals surface area contributed by atoms with Crippen molar-refractivity contribution in [2.75, 3.05) is 20.2 Å². The Labute approximate surface area is 59.8 Å². The maximum Gasteiger partial charge on any atom is 0.133 e. The van der Waals surface area contributed by atoms with E-state index in [9.17, 15) is 0 Å². The van der Waals surface area contributed by atoms with Crippen molar-refractivity contribution in [2.24, 2.45) is 10.7 Å². The molecule has 1 aliphatic rings. The highest BCUT2D eigenvalue weighted by molar-refractivity contribution is 5.85. The average molecular weight is 141 g/mol. The van der Waals surface area contributed by atoms with Gasteiger partial charge in [0.05, 0.1) is 20.2 Å². The summed E-state index contributed by atoms with van der Waals surface area (Å²) in [5.41, 5.74) is 5.33. The first kappa shape index (κ1) is 7.08. The second kappa shape index (κ2) is 3.22. The molecule has 0 spiro atoms. The van der Waals surface area contributed by atoms with Crippen LogP contribution in [0.5, 0.6) is 0 Å². The second-order valence-corrected chi connectivity index (χ2v) is 1.93. The van der Waals surface area contributed by atoms with Crippen LogP contribution in [0.3, 0.4) is 0 Å². The molecule has 10 heavy (non-hydrogen) atoms. The zero-order chi connectivity index (χ0) is 7.40. The van der Waals surface area contributed by atoms with Crippen LogP contribution < -0.4 is 11.1 Å². The highest BCUT2D eigenvalue weighted by Gasteiger charge is 2.02. The number of ether oxygens (including phenoxy) is 1. The molecule has 0 atom stereocenters. The van der Waals surface area contributed by atoms with Crippen LogP contribution in [-0.4, -0.2) is 26.0 Å². The number of nitrogens with two attached hydrogens (primary N) is 1. The molecule has 0 fully saturated rings. The molecule has 0 aliphatic carbocycles. The fraction of sp³-hybridized carbons (Fsp3) is 0.500. The fourth-order valence-corrected chi connectivity index (χ4v) is 0.675. The van der Waals surface area contributed by atoms with Crippen LogP contribution in [0.15, 0.2) is 17.0 Å². The van der Waals surface area contributed by atoms with Gasteiger partial charge >= 0.3 is 0 Å². The van der Waals surface area contributed by atoms with Crippen LogP contribution in [0.1, 0.15) is 0 Å². The topological polar surface area (TPSA) is 59.6 Å². The Balaban J connectivity index is 2.45. The Kier molecular flexibility index (Phi) is 2.28. The third kappa shape index (κ3) is 1.48. The van der Waals surface area contributed by atoms with Gasteiger partial charge in [0.15, 0.2) is 0 Å². The number of aliphatic imine (C=N–C) groups is 1. The van der Waals surface area contributed by atoms with Crippen molar-refractivity contribution in [3.63, 3.8) is 0 Å². The van der Waals surface area contributed by atoms with Crippen LogP contribution >= 0.6 is 0 Å². The summed E-state index contributed by atoms with van der Waals surface area (Å²) in [5, 5.41) is 2.91. The van der Waals surface area contributed by atoms with Crippen LogP contribution in [0, 0.1) is 0 Å². The number of nitrogens with zero attached hydrogens (tertiary/aromatic N) is 1. The standard InChI is InChI=1S/C6H11N3O/c1-10-5-3-8-6(2-7)9-4-5/h3H,2,4,7H2,1H3,(H,8,9). The Morgan fingerprint density at radius 2 is 2.70 bits per heavy atom. The van der Waals surface area contributed by atoms with Crippen LogP contribution in [-0.2, 0) is 4.74 Å². The summed E-state index contributed by atoms with van der Waals surface area (Å²) in [6.45, 7) is 1.05. The molecular weight excluding hydrogens is 130 g/mol. The third-order valence-electron chi connectivity index (χ3n) is 1.28. The molecule has 4 nitrogen and oxygen atoms in total. The molecule has 0 bridgehead atoms. The number of methoxy groups -OCH3 is 1. The minimum Gasteiger partial charge on any atom is -0.498 e. The van der Waals surface area contributed by atoms with Crippen molar-refractivity contribution < 1.29 is 4.74 Å². The molecule has 0 unspecified atom stereocenters. The van der Waals surface area contributed by atoms with Gasteiger partial charge in [-0.2, -0.15) is 0 Å². The van der Waals surface area contributed by atoms with E-state index in [1.54, 1.807) is 13.3 Å². The Hall–Kier alpha value is -1.03. The van der Waals surface area contributed by atoms with Crippen LogP contribution in [0.2, 0.25) is 0 Å². The lowest BCUT2D eigenvalue weighted by Gasteiger charge is -2.11. The summed E-state index contributed by atoms with van der Waals surface area (Å²) in [7, 11) is 1.62. The van der Waals surface area contributed by atoms with E-state index >= 15 is 0 Å². The van der Waals surface area contributed by atoms with Crippen molar-refractivity contribution in [2.45, 2.75) is 0 Å². The summed E-state index contributed by atoms with van der Waals surface area (Å²) in [6.07, 6.45) is 1.77. The number of nitrogens with one attached hydrogen (secondary N) is 1. The Morgan fingerprint density at radius 1 is 1.90 bits per heavy atom. The minimum atomic E-state index is 0.452. The molecule has 0 aromatic heterocycles. The molecular formula is C6H11N3O. The van der Waals surface area contributed by atoms with Gasteiger partial charge in [-0.1, -0.05) is 0 Å². The maximum atomic E-state index is 5.33. The third-order valence-corrected chi connectivity index (χ3v) is 1.28. The minimum absolute atomic E-state index is 0.452. The lowest BCUT2D eigenvalue weighted by Crippen LogP contribution is -2.30. The van der Waals surface area contributed by atoms with Crippen molar-refractivity contribution in [3.8, 4) is 0 Å². The predicted molar refractivity (Wildman–Crippen MR) is 39.6 cm³/mol. The zero-order valence-electron chi connectivity index (χ0n) is 5.92. The quantitative estimate of drug-likeness (QED) is 0.541. The average Bonchev–Trinajstić information content (AvgIpc) is 2.05. The summed E-state index contributed by atoms with van der Waals surface area (Å²) >= 11 is 0. The van der Waals surface area contributed by atoms with Crippen LogP contribution in [0.25, 0.3) is 0 Å². The molecule has 1 rings (SSSR count). The molecule has 56 valence electrons. The molecule has 1 heterocycles. The lowest BCUT2D eigenvalue weighted by molar-refractivity contribution is 0.283. The Morgan fingerprint density at radius 3 is 3.10 bits per heavy atom. The molecule has 0 radical (unpaired) electrons. The maximum absolute atomic E-state index is 5.33. The van der Waals surface area contributed by atoms with E-state index in [4.69, 9.17) is 10.5 Å². The normalized spacial score (nSPS) is 17.0. The monoisotopic (exact) mass is 141 g/mol. The Bertz CT molecular complexity index is 154. The van der Waals surface area contributed by atoms with Crippen molar-refractivity contribution >= 4 is 5.84 Å². The van der Waals surface area contributed by atoms with E-state index < -0.39 is 0 Å². The largest absolute Gasteiger partial charge is 0.498 e. The number of hydrogen-bond donors (Lipinski definition) is 2. The van der Waals surface area contributed by atoms with E-state index in [2.05, 4.69) is 10.3 Å². The predicted octanol–water partition coefficient (Wildman–Crippen LogP) is -0.565. The second-order valence-electron chi connectivity index (χ2n) is 1.93. The first-order chi connectivity index (χ1) is 4.86. The van der Waals surface area contributed by atoms with Gasteiger partial charge in [0.2, 0.25) is 0 Å². The fourth-order valence-electron chi connectivity index (χ4n) is 0.675. The van der Waals surface area contributed by atoms with E-state index in [-0.39, 0.29) is 0 Å². The van der Waals surface area contributed by atoms with Gasteiger partial charge in [0, 0.05) is 6.20 Å². The van der Waals surface area contributed by atoms with Gasteiger partial charge in [-0.3, -0.25) is 4.99 Å². The molecule has 0 aromatic rings. The van der Waals surface area contributed by atoms with Gasteiger partial charge in [-0.15, -0.1) is 0 Å². The van der Waals surface area contributed by atoms with Crippen LogP contribution in [0.4, 0.5) is 0 Å². The molecule has 1 aliphatic heterocycles. The molecule has 0 saturated heterocycles. The van der Waals surface area contributed by atoms with E-state index in [0.717, 1.165) is 11.6 Å². The molecule has 3 N–H and O–H groups in total. The van der Waals surface area contributed by atoms with E-state index in [1.165, 1.54) is 0 Å². The highest BCUT2D eigenvalue weighted by atomic mass is 16.5. The summed E-state index contributed by atoms with van der Waals surface area (Å²) in [5.74, 6) is 1.64. The van der Waals surface area contributed by atoms with Gasteiger partial charge in [0.25, 0.3) is 0 Å². The van der Waals surface area contributed by atoms with Crippen molar-refractivity contribution in [1.29, 1.82) is 0 Å². The SMILES string of the molecule is COC1=CNC(CN)=NC1. The van der Waals surface area contributed by atoms with Crippen molar-refractivity contribution in [3.05, 3.63) is 12.0 Å². The smallest absolute Gasteiger partial charge is 0.133 e. The van der Waals surface area contributed by atoms with Crippen molar-refractivity contribution in [1.82, 2.24) is 5.32 Å². The van der Waals surface area contributed by atoms with E-state index in [1.807, 2.05) is 0 Å². The lowest BCUT2D eigenvalue weighted by atomic mass is 10.4. The van der Waals surface area contributed by atoms with Gasteiger partial charge < -0.3 is 15.8 Å². The number of amidine groups is 1. The first-order valence-electron chi connectivity index (χ1n) is 3.09. The van der Waals surface area contributed by atoms with E-state index in [0.29, 0.717) is 13.1 Å². The van der Waals surface area contributed by atoms with Gasteiger partial charge in [0.1, 0.15) is 11.6 Å². The van der Waals surface area contributed by atoms with Gasteiger partial charge in [-0.05, 0) is 0 Å². The van der Waals surface area contributed by atoms with Gasteiger partial charge in [-0.25, -0.2) is 0 Å². The summed E-state index contributed by atoms with van der Waals surface area (Å²) < 4.78 is 4.93. The first-order valence-corrected chi connectivity index (χ1v) is 3.09. The number of rotatable bonds is 2. The summed E-state index contributed by atoms with van der Waals surface area (Å²) in [4.78, 5) is 4.09. The molecule has 0 amide bonds.